The average molecular weight is 442 g/mol. The van der Waals surface area contributed by atoms with Crippen molar-refractivity contribution in [2.45, 2.75) is 4.90 Å². The van der Waals surface area contributed by atoms with Gasteiger partial charge in [0.15, 0.2) is 0 Å². The molecule has 2 aromatic heterocycles. The summed E-state index contributed by atoms with van der Waals surface area (Å²) in [6, 6.07) is 18.0. The number of nitrogens with zero attached hydrogens (tertiary/aromatic N) is 2. The van der Waals surface area contributed by atoms with Gasteiger partial charge in [0.2, 0.25) is 0 Å². The first-order valence-electron chi connectivity index (χ1n) is 8.95. The maximum absolute atomic E-state index is 13.4. The van der Waals surface area contributed by atoms with E-state index < -0.39 is 10.0 Å². The van der Waals surface area contributed by atoms with E-state index in [2.05, 4.69) is 9.82 Å². The summed E-state index contributed by atoms with van der Waals surface area (Å²) >= 11 is 1.42. The minimum absolute atomic E-state index is 0.0682. The summed E-state index contributed by atoms with van der Waals surface area (Å²) in [7, 11) is -0.988. The lowest BCUT2D eigenvalue weighted by Gasteiger charge is -2.13. The highest BCUT2D eigenvalue weighted by Crippen LogP contribution is 2.34. The fraction of sp³-hybridized carbons (Fsp3) is 0.0952. The summed E-state index contributed by atoms with van der Waals surface area (Å²) in [4.78, 5) is 0.821. The van der Waals surface area contributed by atoms with E-state index in [0.29, 0.717) is 17.2 Å². The molecule has 0 aliphatic heterocycles. The van der Waals surface area contributed by atoms with Crippen LogP contribution in [0.1, 0.15) is 0 Å². The predicted octanol–water partition coefficient (Wildman–Crippen LogP) is 4.42. The molecule has 2 heterocycles. The van der Waals surface area contributed by atoms with Gasteiger partial charge in [-0.2, -0.15) is 5.10 Å². The third kappa shape index (κ3) is 3.89. The summed E-state index contributed by atoms with van der Waals surface area (Å²) < 4.78 is 41.4. The van der Waals surface area contributed by atoms with Crippen LogP contribution in [0.25, 0.3) is 16.3 Å². The summed E-state index contributed by atoms with van der Waals surface area (Å²) in [6.07, 6.45) is 1.51. The first kappa shape index (κ1) is 20.0. The molecule has 7 nitrogen and oxygen atoms in total. The van der Waals surface area contributed by atoms with Crippen LogP contribution in [0.15, 0.2) is 77.1 Å². The van der Waals surface area contributed by atoms with Gasteiger partial charge in [0.05, 0.1) is 36.7 Å². The van der Waals surface area contributed by atoms with Gasteiger partial charge in [0, 0.05) is 6.07 Å². The van der Waals surface area contributed by atoms with Crippen molar-refractivity contribution in [3.8, 4) is 27.8 Å². The molecule has 0 radical (unpaired) electrons. The van der Waals surface area contributed by atoms with E-state index in [1.165, 1.54) is 31.8 Å². The molecule has 0 unspecified atom stereocenters. The Morgan fingerprint density at radius 1 is 1.00 bits per heavy atom. The second-order valence-electron chi connectivity index (χ2n) is 6.27. The van der Waals surface area contributed by atoms with Crippen molar-refractivity contribution in [3.05, 3.63) is 72.2 Å². The largest absolute Gasteiger partial charge is 0.497 e. The summed E-state index contributed by atoms with van der Waals surface area (Å²) in [5.41, 5.74) is 1.42. The third-order valence-corrected chi connectivity index (χ3v) is 6.64. The summed E-state index contributed by atoms with van der Waals surface area (Å²) in [6.45, 7) is 0. The van der Waals surface area contributed by atoms with Crippen molar-refractivity contribution in [2.75, 3.05) is 18.9 Å². The van der Waals surface area contributed by atoms with Gasteiger partial charge in [-0.05, 0) is 35.7 Å². The van der Waals surface area contributed by atoms with E-state index >= 15 is 0 Å². The molecule has 0 atom stereocenters. The molecule has 1 N–H and O–H groups in total. The zero-order valence-electron chi connectivity index (χ0n) is 16.3. The van der Waals surface area contributed by atoms with Gasteiger partial charge in [-0.25, -0.2) is 13.1 Å². The quantitative estimate of drug-likeness (QED) is 0.459. The Hall–Kier alpha value is -3.30. The lowest BCUT2D eigenvalue weighted by Crippen LogP contribution is -2.14. The lowest BCUT2D eigenvalue weighted by molar-refractivity contribution is 0.405. The summed E-state index contributed by atoms with van der Waals surface area (Å²) in [5, 5.41) is 6.44. The molecule has 0 spiro atoms. The molecule has 0 amide bonds. The molecule has 0 saturated carbocycles. The predicted molar refractivity (Wildman–Crippen MR) is 117 cm³/mol. The first-order chi connectivity index (χ1) is 14.5. The van der Waals surface area contributed by atoms with Gasteiger partial charge < -0.3 is 9.47 Å². The molecule has 4 aromatic rings. The zero-order valence-corrected chi connectivity index (χ0v) is 17.9. The molecule has 0 aliphatic carbocycles. The van der Waals surface area contributed by atoms with Crippen LogP contribution in [-0.2, 0) is 10.0 Å². The van der Waals surface area contributed by atoms with E-state index in [1.807, 2.05) is 47.8 Å². The smallest absolute Gasteiger partial charge is 0.265 e. The Morgan fingerprint density at radius 2 is 1.80 bits per heavy atom. The van der Waals surface area contributed by atoms with Gasteiger partial charge >= 0.3 is 0 Å². The molecule has 0 bridgehead atoms. The number of sulfonamides is 1. The van der Waals surface area contributed by atoms with E-state index in [4.69, 9.17) is 9.47 Å². The van der Waals surface area contributed by atoms with Crippen LogP contribution in [0.4, 0.5) is 5.69 Å². The minimum atomic E-state index is -3.98. The lowest BCUT2D eigenvalue weighted by atomic mass is 10.3. The highest BCUT2D eigenvalue weighted by Gasteiger charge is 2.26. The average Bonchev–Trinajstić information content (AvgIpc) is 3.44. The molecule has 0 aliphatic rings. The van der Waals surface area contributed by atoms with Crippen molar-refractivity contribution in [3.63, 3.8) is 0 Å². The van der Waals surface area contributed by atoms with Crippen molar-refractivity contribution >= 4 is 27.0 Å². The van der Waals surface area contributed by atoms with Crippen LogP contribution in [0.3, 0.4) is 0 Å². The number of thiophene rings is 1. The number of para-hydroxylation sites is 1. The van der Waals surface area contributed by atoms with Crippen molar-refractivity contribution < 1.29 is 17.9 Å². The second-order valence-corrected chi connectivity index (χ2v) is 8.87. The zero-order chi connectivity index (χ0) is 21.1. The van der Waals surface area contributed by atoms with Crippen LogP contribution in [0.5, 0.6) is 11.5 Å². The first-order valence-corrected chi connectivity index (χ1v) is 11.3. The number of benzene rings is 2. The number of hydrogen-bond acceptors (Lipinski definition) is 6. The SMILES string of the molecule is COc1ccc(OC)c(NS(=O)(=O)c2cn(-c3ccccc3)nc2-c2cccs2)c1. The Balaban J connectivity index is 1.82. The van der Waals surface area contributed by atoms with Crippen LogP contribution < -0.4 is 14.2 Å². The number of nitrogens with one attached hydrogen (secondary N) is 1. The molecule has 0 saturated heterocycles. The molecule has 30 heavy (non-hydrogen) atoms. The number of hydrogen-bond donors (Lipinski definition) is 1. The van der Waals surface area contributed by atoms with E-state index in [0.717, 1.165) is 10.6 Å². The Bertz CT molecular complexity index is 1250. The van der Waals surface area contributed by atoms with Crippen LogP contribution >= 0.6 is 11.3 Å². The number of methoxy groups -OCH3 is 2. The highest BCUT2D eigenvalue weighted by atomic mass is 32.2. The number of aromatic nitrogens is 2. The fourth-order valence-corrected chi connectivity index (χ4v) is 4.94. The number of ether oxygens (including phenoxy) is 2. The molecule has 0 fully saturated rings. The van der Waals surface area contributed by atoms with Crippen molar-refractivity contribution in [1.82, 2.24) is 9.78 Å². The Labute approximate surface area is 178 Å². The van der Waals surface area contributed by atoms with Crippen LogP contribution in [0, 0.1) is 0 Å². The van der Waals surface area contributed by atoms with Gasteiger partial charge in [0.25, 0.3) is 10.0 Å². The van der Waals surface area contributed by atoms with Gasteiger partial charge in [-0.3, -0.25) is 4.72 Å². The molecule has 9 heteroatoms. The monoisotopic (exact) mass is 441 g/mol. The van der Waals surface area contributed by atoms with Gasteiger partial charge in [-0.1, -0.05) is 24.3 Å². The fourth-order valence-electron chi connectivity index (χ4n) is 2.95. The Kier molecular flexibility index (Phi) is 5.47. The molecule has 4 rings (SSSR count). The van der Waals surface area contributed by atoms with E-state index in [-0.39, 0.29) is 10.6 Å². The maximum atomic E-state index is 13.4. The van der Waals surface area contributed by atoms with Crippen LogP contribution in [-0.4, -0.2) is 32.4 Å². The van der Waals surface area contributed by atoms with E-state index in [1.54, 1.807) is 22.9 Å². The van der Waals surface area contributed by atoms with Crippen LogP contribution in [0.2, 0.25) is 0 Å². The second kappa shape index (κ2) is 8.21. The maximum Gasteiger partial charge on any atom is 0.265 e. The topological polar surface area (TPSA) is 82.5 Å². The molecular weight excluding hydrogens is 422 g/mol. The van der Waals surface area contributed by atoms with Crippen molar-refractivity contribution in [2.24, 2.45) is 0 Å². The molecule has 154 valence electrons. The van der Waals surface area contributed by atoms with Crippen molar-refractivity contribution in [1.29, 1.82) is 0 Å². The third-order valence-electron chi connectivity index (χ3n) is 4.40. The highest BCUT2D eigenvalue weighted by molar-refractivity contribution is 7.92. The number of rotatable bonds is 7. The standard InChI is InChI=1S/C21H19N3O4S2/c1-27-16-10-11-18(28-2)17(13-16)23-30(25,26)20-14-24(15-7-4-3-5-8-15)22-21(20)19-9-6-12-29-19/h3-14,23H,1-2H3. The van der Waals surface area contributed by atoms with Gasteiger partial charge in [-0.15, -0.1) is 11.3 Å². The minimum Gasteiger partial charge on any atom is -0.497 e. The summed E-state index contributed by atoms with van der Waals surface area (Å²) in [5.74, 6) is 0.888. The Morgan fingerprint density at radius 3 is 2.47 bits per heavy atom. The van der Waals surface area contributed by atoms with Gasteiger partial charge in [0.1, 0.15) is 22.1 Å². The van der Waals surface area contributed by atoms with E-state index in [9.17, 15) is 8.42 Å². The normalized spacial score (nSPS) is 11.3. The number of anilines is 1. The molecule has 2 aromatic carbocycles. The molecular formula is C21H19N3O4S2.